The Morgan fingerprint density at radius 2 is 1.64 bits per heavy atom. The van der Waals surface area contributed by atoms with Crippen LogP contribution in [0.15, 0.2) is 48.5 Å². The minimum Gasteiger partial charge on any atom is -0.311 e. The van der Waals surface area contributed by atoms with Gasteiger partial charge in [-0.05, 0) is 18.2 Å². The van der Waals surface area contributed by atoms with Gasteiger partial charge in [0.05, 0.1) is 15.9 Å². The summed E-state index contributed by atoms with van der Waals surface area (Å²) in [6.07, 6.45) is 0. The maximum absolute atomic E-state index is 12.4. The Morgan fingerprint density at radius 3 is 2.18 bits per heavy atom. The Balaban J connectivity index is 2.45. The molecule has 0 heterocycles. The van der Waals surface area contributed by atoms with Crippen LogP contribution in [0.2, 0.25) is 0 Å². The number of benzene rings is 2. The van der Waals surface area contributed by atoms with Gasteiger partial charge in [0.1, 0.15) is 5.56 Å². The first-order valence-corrected chi connectivity index (χ1v) is 6.17. The molecule has 0 saturated carbocycles. The van der Waals surface area contributed by atoms with Gasteiger partial charge in [0.25, 0.3) is 17.3 Å². The van der Waals surface area contributed by atoms with Gasteiger partial charge in [-0.25, -0.2) is 0 Å². The molecule has 0 aliphatic carbocycles. The van der Waals surface area contributed by atoms with Crippen LogP contribution in [-0.4, -0.2) is 22.8 Å². The zero-order chi connectivity index (χ0) is 16.3. The fraction of sp³-hybridized carbons (Fsp3) is 0.0714. The zero-order valence-electron chi connectivity index (χ0n) is 11.5. The van der Waals surface area contributed by atoms with E-state index < -0.39 is 27.1 Å². The highest BCUT2D eigenvalue weighted by molar-refractivity contribution is 6.08. The van der Waals surface area contributed by atoms with Crippen molar-refractivity contribution < 1.29 is 14.6 Å². The minimum atomic E-state index is -0.806. The average molecular weight is 301 g/mol. The number of nitro groups is 2. The van der Waals surface area contributed by atoms with Crippen LogP contribution in [0.25, 0.3) is 0 Å². The minimum absolute atomic E-state index is 0.207. The van der Waals surface area contributed by atoms with Crippen molar-refractivity contribution in [3.63, 3.8) is 0 Å². The van der Waals surface area contributed by atoms with Crippen LogP contribution in [0, 0.1) is 20.2 Å². The molecule has 0 bridgehead atoms. The maximum atomic E-state index is 12.4. The van der Waals surface area contributed by atoms with E-state index in [1.165, 1.54) is 11.9 Å². The van der Waals surface area contributed by atoms with Crippen LogP contribution < -0.4 is 4.90 Å². The van der Waals surface area contributed by atoms with Crippen molar-refractivity contribution in [2.45, 2.75) is 0 Å². The van der Waals surface area contributed by atoms with Gasteiger partial charge >= 0.3 is 0 Å². The predicted octanol–water partition coefficient (Wildman–Crippen LogP) is 2.78. The van der Waals surface area contributed by atoms with Crippen LogP contribution in [-0.2, 0) is 0 Å². The molecule has 0 saturated heterocycles. The first-order valence-electron chi connectivity index (χ1n) is 6.17. The summed E-state index contributed by atoms with van der Waals surface area (Å²) in [5, 5.41) is 21.8. The lowest BCUT2D eigenvalue weighted by Gasteiger charge is -2.17. The molecule has 0 spiro atoms. The first-order chi connectivity index (χ1) is 10.4. The van der Waals surface area contributed by atoms with Crippen LogP contribution in [0.3, 0.4) is 0 Å². The molecule has 1 amide bonds. The van der Waals surface area contributed by atoms with Crippen LogP contribution >= 0.6 is 0 Å². The van der Waals surface area contributed by atoms with Gasteiger partial charge in [-0.1, -0.05) is 18.2 Å². The van der Waals surface area contributed by atoms with E-state index in [0.29, 0.717) is 5.69 Å². The molecular weight excluding hydrogens is 290 g/mol. The summed E-state index contributed by atoms with van der Waals surface area (Å²) in [4.78, 5) is 33.9. The van der Waals surface area contributed by atoms with E-state index >= 15 is 0 Å². The molecule has 2 aromatic carbocycles. The van der Waals surface area contributed by atoms with Gasteiger partial charge in [-0.3, -0.25) is 25.0 Å². The lowest BCUT2D eigenvalue weighted by molar-refractivity contribution is -0.394. The molecule has 0 radical (unpaired) electrons. The standard InChI is InChI=1S/C14H11N3O5/c1-15(10-5-3-2-4-6-10)14(18)12-8-7-11(16(19)20)9-13(12)17(21)22/h2-9H,1H3. The van der Waals surface area contributed by atoms with Crippen molar-refractivity contribution in [3.8, 4) is 0 Å². The Bertz CT molecular complexity index is 745. The summed E-state index contributed by atoms with van der Waals surface area (Å²) in [5.74, 6) is -0.618. The lowest BCUT2D eigenvalue weighted by Crippen LogP contribution is -2.26. The SMILES string of the molecule is CN(C(=O)c1ccc([N+](=O)[O-])cc1[N+](=O)[O-])c1ccccc1. The average Bonchev–Trinajstić information content (AvgIpc) is 2.53. The van der Waals surface area contributed by atoms with Crippen molar-refractivity contribution in [1.29, 1.82) is 0 Å². The van der Waals surface area contributed by atoms with Gasteiger partial charge in [0.2, 0.25) is 0 Å². The van der Waals surface area contributed by atoms with Crippen molar-refractivity contribution in [1.82, 2.24) is 0 Å². The number of rotatable bonds is 4. The van der Waals surface area contributed by atoms with E-state index in [1.54, 1.807) is 30.3 Å². The maximum Gasteiger partial charge on any atom is 0.289 e. The molecule has 0 aliphatic heterocycles. The molecule has 0 N–H and O–H groups in total. The molecule has 0 fully saturated rings. The van der Waals surface area contributed by atoms with Crippen molar-refractivity contribution in [2.75, 3.05) is 11.9 Å². The number of non-ortho nitro benzene ring substituents is 1. The summed E-state index contributed by atoms with van der Waals surface area (Å²) < 4.78 is 0. The second-order valence-corrected chi connectivity index (χ2v) is 4.42. The van der Waals surface area contributed by atoms with E-state index in [0.717, 1.165) is 18.2 Å². The summed E-state index contributed by atoms with van der Waals surface area (Å²) >= 11 is 0. The molecule has 8 nitrogen and oxygen atoms in total. The Morgan fingerprint density at radius 1 is 1.00 bits per heavy atom. The smallest absolute Gasteiger partial charge is 0.289 e. The van der Waals surface area contributed by atoms with E-state index in [4.69, 9.17) is 0 Å². The van der Waals surface area contributed by atoms with E-state index in [2.05, 4.69) is 0 Å². The highest BCUT2D eigenvalue weighted by atomic mass is 16.6. The number of carbonyl (C=O) groups excluding carboxylic acids is 1. The molecule has 0 atom stereocenters. The van der Waals surface area contributed by atoms with Gasteiger partial charge < -0.3 is 4.90 Å². The molecule has 8 heteroatoms. The van der Waals surface area contributed by atoms with Gasteiger partial charge in [0, 0.05) is 18.8 Å². The van der Waals surface area contributed by atoms with Crippen molar-refractivity contribution >= 4 is 23.0 Å². The number of carbonyl (C=O) groups is 1. The summed E-state index contributed by atoms with van der Waals surface area (Å²) in [6, 6.07) is 11.5. The van der Waals surface area contributed by atoms with Crippen molar-refractivity contribution in [2.24, 2.45) is 0 Å². The molecule has 22 heavy (non-hydrogen) atoms. The molecular formula is C14H11N3O5. The third kappa shape index (κ3) is 2.90. The summed E-state index contributed by atoms with van der Waals surface area (Å²) in [5.41, 5.74) is -0.685. The molecule has 0 unspecified atom stereocenters. The van der Waals surface area contributed by atoms with Crippen LogP contribution in [0.5, 0.6) is 0 Å². The highest BCUT2D eigenvalue weighted by Gasteiger charge is 2.26. The third-order valence-electron chi connectivity index (χ3n) is 3.07. The number of hydrogen-bond donors (Lipinski definition) is 0. The second-order valence-electron chi connectivity index (χ2n) is 4.42. The van der Waals surface area contributed by atoms with Crippen molar-refractivity contribution in [3.05, 3.63) is 74.3 Å². The Hall–Kier alpha value is -3.29. The summed E-state index contributed by atoms with van der Waals surface area (Å²) in [7, 11) is 1.48. The van der Waals surface area contributed by atoms with Gasteiger partial charge in [0.15, 0.2) is 0 Å². The fourth-order valence-corrected chi connectivity index (χ4v) is 1.92. The van der Waals surface area contributed by atoms with Crippen LogP contribution in [0.4, 0.5) is 17.1 Å². The molecule has 0 aromatic heterocycles. The monoisotopic (exact) mass is 301 g/mol. The highest BCUT2D eigenvalue weighted by Crippen LogP contribution is 2.26. The van der Waals surface area contributed by atoms with E-state index in [9.17, 15) is 25.0 Å². The second kappa shape index (κ2) is 6.00. The largest absolute Gasteiger partial charge is 0.311 e. The Labute approximate surface area is 124 Å². The molecule has 0 aliphatic rings. The fourth-order valence-electron chi connectivity index (χ4n) is 1.92. The molecule has 2 rings (SSSR count). The van der Waals surface area contributed by atoms with Gasteiger partial charge in [-0.2, -0.15) is 0 Å². The molecule has 2 aromatic rings. The lowest BCUT2D eigenvalue weighted by atomic mass is 10.1. The molecule has 112 valence electrons. The number of para-hydroxylation sites is 1. The van der Waals surface area contributed by atoms with E-state index in [1.807, 2.05) is 0 Å². The number of nitro benzene ring substituents is 2. The quantitative estimate of drug-likeness (QED) is 0.637. The van der Waals surface area contributed by atoms with E-state index in [-0.39, 0.29) is 5.56 Å². The van der Waals surface area contributed by atoms with Gasteiger partial charge in [-0.15, -0.1) is 0 Å². The number of anilines is 1. The van der Waals surface area contributed by atoms with Crippen LogP contribution in [0.1, 0.15) is 10.4 Å². The number of hydrogen-bond acceptors (Lipinski definition) is 5. The third-order valence-corrected chi connectivity index (χ3v) is 3.07. The first kappa shape index (κ1) is 15.1. The Kier molecular flexibility index (Phi) is 4.12. The number of amides is 1. The number of nitrogens with zero attached hydrogens (tertiary/aromatic N) is 3. The summed E-state index contributed by atoms with van der Waals surface area (Å²) in [6.45, 7) is 0. The normalized spacial score (nSPS) is 10.0. The predicted molar refractivity (Wildman–Crippen MR) is 78.9 cm³/mol. The topological polar surface area (TPSA) is 107 Å². The zero-order valence-corrected chi connectivity index (χ0v) is 11.5.